The molecule has 0 radical (unpaired) electrons. The summed E-state index contributed by atoms with van der Waals surface area (Å²) < 4.78 is 0. The molecule has 0 unspecified atom stereocenters. The van der Waals surface area contributed by atoms with Crippen LogP contribution in [0.25, 0.3) is 0 Å². The molecule has 1 saturated heterocycles. The monoisotopic (exact) mass is 419 g/mol. The molecule has 1 heterocycles. The van der Waals surface area contributed by atoms with Crippen molar-refractivity contribution in [3.63, 3.8) is 0 Å². The van der Waals surface area contributed by atoms with Gasteiger partial charge in [-0.05, 0) is 40.5 Å². The Balaban J connectivity index is 1.63. The summed E-state index contributed by atoms with van der Waals surface area (Å²) in [6.07, 6.45) is 0. The molecule has 2 bridgehead atoms. The van der Waals surface area contributed by atoms with Crippen LogP contribution in [0.2, 0.25) is 5.02 Å². The van der Waals surface area contributed by atoms with Gasteiger partial charge in [0.15, 0.2) is 0 Å². The van der Waals surface area contributed by atoms with Gasteiger partial charge in [-0.3, -0.25) is 9.59 Å². The Bertz CT molecular complexity index is 1170. The van der Waals surface area contributed by atoms with Crippen LogP contribution in [0, 0.1) is 11.8 Å². The topological polar surface area (TPSA) is 37.4 Å². The number of amides is 2. The van der Waals surface area contributed by atoms with Gasteiger partial charge < -0.3 is 0 Å². The normalized spacial score (nSPS) is 28.9. The fraction of sp³-hybridized carbons (Fsp3) is 0.167. The van der Waals surface area contributed by atoms with Crippen LogP contribution in [-0.2, 0) is 14.5 Å². The third-order valence-electron chi connectivity index (χ3n) is 6.58. The molecule has 3 aromatic carbocycles. The van der Waals surface area contributed by atoms with Crippen LogP contribution < -0.4 is 4.90 Å². The molecule has 2 amide bonds. The summed E-state index contributed by atoms with van der Waals surface area (Å²) in [4.78, 5) is 27.5. The second kappa shape index (κ2) is 5.71. The summed E-state index contributed by atoms with van der Waals surface area (Å²) in [5.41, 5.74) is 4.43. The van der Waals surface area contributed by atoms with E-state index < -0.39 is 16.7 Å². The standard InChI is InChI=1S/C24H15Cl2NO2/c25-13-6-5-7-14(12-13)27-22(28)20-19-15-8-1-3-10-17(15)24(26,21(20)23(27)29)18-11-4-2-9-16(18)19/h1-12,19-21H/t19?,20-,21-,24?/m0/s1. The minimum atomic E-state index is -1.06. The Morgan fingerprint density at radius 1 is 0.793 bits per heavy atom. The van der Waals surface area contributed by atoms with E-state index in [4.69, 9.17) is 23.2 Å². The van der Waals surface area contributed by atoms with Gasteiger partial charge in [0.25, 0.3) is 0 Å². The molecular weight excluding hydrogens is 405 g/mol. The van der Waals surface area contributed by atoms with Crippen LogP contribution in [0.4, 0.5) is 5.69 Å². The number of imide groups is 1. The fourth-order valence-corrected chi connectivity index (χ4v) is 6.31. The SMILES string of the molecule is O=C1[C@@H]2[C@@H](C(=O)N1c1cccc(Cl)c1)C1c3ccccc3C2(Cl)c2ccccc21. The van der Waals surface area contributed by atoms with Crippen LogP contribution in [0.3, 0.4) is 0 Å². The minimum absolute atomic E-state index is 0.186. The third-order valence-corrected chi connectivity index (χ3v) is 7.46. The van der Waals surface area contributed by atoms with Crippen molar-refractivity contribution in [2.24, 2.45) is 11.8 Å². The zero-order chi connectivity index (χ0) is 19.9. The first-order valence-corrected chi connectivity index (χ1v) is 10.3. The maximum atomic E-state index is 13.7. The van der Waals surface area contributed by atoms with Crippen LogP contribution in [0.5, 0.6) is 0 Å². The number of hydrogen-bond acceptors (Lipinski definition) is 2. The molecule has 3 aliphatic carbocycles. The van der Waals surface area contributed by atoms with Crippen molar-refractivity contribution in [2.45, 2.75) is 10.8 Å². The maximum Gasteiger partial charge on any atom is 0.240 e. The summed E-state index contributed by atoms with van der Waals surface area (Å²) in [6.45, 7) is 0. The lowest BCUT2D eigenvalue weighted by molar-refractivity contribution is -0.122. The first-order valence-electron chi connectivity index (χ1n) is 9.54. The van der Waals surface area contributed by atoms with E-state index in [1.165, 1.54) is 4.90 Å². The molecule has 0 saturated carbocycles. The van der Waals surface area contributed by atoms with Gasteiger partial charge in [-0.1, -0.05) is 66.2 Å². The molecule has 2 atom stereocenters. The van der Waals surface area contributed by atoms with Gasteiger partial charge in [0.2, 0.25) is 11.8 Å². The number of halogens is 2. The lowest BCUT2D eigenvalue weighted by Gasteiger charge is -2.50. The molecule has 1 aliphatic heterocycles. The first-order chi connectivity index (χ1) is 14.0. The molecule has 7 rings (SSSR count). The molecule has 1 fully saturated rings. The number of carbonyl (C=O) groups is 2. The van der Waals surface area contributed by atoms with Gasteiger partial charge in [0, 0.05) is 10.9 Å². The van der Waals surface area contributed by atoms with E-state index in [1.54, 1.807) is 24.3 Å². The van der Waals surface area contributed by atoms with Gasteiger partial charge in [-0.2, -0.15) is 0 Å². The van der Waals surface area contributed by atoms with E-state index >= 15 is 0 Å². The molecule has 4 aliphatic rings. The van der Waals surface area contributed by atoms with Gasteiger partial charge in [-0.25, -0.2) is 4.90 Å². The predicted molar refractivity (Wildman–Crippen MR) is 112 cm³/mol. The molecule has 29 heavy (non-hydrogen) atoms. The molecule has 3 nitrogen and oxygen atoms in total. The van der Waals surface area contributed by atoms with Crippen molar-refractivity contribution in [3.05, 3.63) is 100 Å². The van der Waals surface area contributed by atoms with Gasteiger partial charge in [0.05, 0.1) is 17.5 Å². The van der Waals surface area contributed by atoms with Crippen molar-refractivity contribution in [2.75, 3.05) is 4.90 Å². The van der Waals surface area contributed by atoms with E-state index in [0.717, 1.165) is 22.3 Å². The van der Waals surface area contributed by atoms with Crippen LogP contribution in [-0.4, -0.2) is 11.8 Å². The lowest BCUT2D eigenvalue weighted by atomic mass is 9.54. The Labute approximate surface area is 177 Å². The highest BCUT2D eigenvalue weighted by Crippen LogP contribution is 2.65. The second-order valence-electron chi connectivity index (χ2n) is 7.86. The summed E-state index contributed by atoms with van der Waals surface area (Å²) in [7, 11) is 0. The highest BCUT2D eigenvalue weighted by molar-refractivity contribution is 6.34. The van der Waals surface area contributed by atoms with Crippen LogP contribution in [0.1, 0.15) is 28.2 Å². The zero-order valence-corrected chi connectivity index (χ0v) is 16.7. The predicted octanol–water partition coefficient (Wildman–Crippen LogP) is 5.09. The average molecular weight is 420 g/mol. The van der Waals surface area contributed by atoms with Crippen molar-refractivity contribution in [1.29, 1.82) is 0 Å². The zero-order valence-electron chi connectivity index (χ0n) is 15.2. The number of nitrogens with zero attached hydrogens (tertiary/aromatic N) is 1. The van der Waals surface area contributed by atoms with Crippen molar-refractivity contribution < 1.29 is 9.59 Å². The molecular formula is C24H15Cl2NO2. The summed E-state index contributed by atoms with van der Waals surface area (Å²) in [5.74, 6) is -1.82. The Kier molecular flexibility index (Phi) is 3.40. The molecule has 0 spiro atoms. The summed E-state index contributed by atoms with van der Waals surface area (Å²) in [6, 6.07) is 22.7. The number of alkyl halides is 1. The largest absolute Gasteiger partial charge is 0.274 e. The number of anilines is 1. The minimum Gasteiger partial charge on any atom is -0.274 e. The van der Waals surface area contributed by atoms with Crippen LogP contribution in [0.15, 0.2) is 72.8 Å². The first kappa shape index (κ1) is 17.3. The van der Waals surface area contributed by atoms with Gasteiger partial charge in [0.1, 0.15) is 4.87 Å². The van der Waals surface area contributed by atoms with Crippen molar-refractivity contribution >= 4 is 40.7 Å². The van der Waals surface area contributed by atoms with E-state index in [1.807, 2.05) is 48.5 Å². The average Bonchev–Trinajstić information content (AvgIpc) is 3.00. The summed E-state index contributed by atoms with van der Waals surface area (Å²) >= 11 is 13.5. The Morgan fingerprint density at radius 2 is 1.41 bits per heavy atom. The van der Waals surface area contributed by atoms with E-state index in [0.29, 0.717) is 10.7 Å². The number of hydrogen-bond donors (Lipinski definition) is 0. The maximum absolute atomic E-state index is 13.7. The Morgan fingerprint density at radius 3 is 2.03 bits per heavy atom. The lowest BCUT2D eigenvalue weighted by Crippen LogP contribution is -2.50. The van der Waals surface area contributed by atoms with E-state index in [2.05, 4.69) is 0 Å². The Hall–Kier alpha value is -2.62. The molecule has 142 valence electrons. The van der Waals surface area contributed by atoms with Crippen molar-refractivity contribution in [1.82, 2.24) is 0 Å². The van der Waals surface area contributed by atoms with Gasteiger partial charge >= 0.3 is 0 Å². The highest BCUT2D eigenvalue weighted by Gasteiger charge is 2.67. The fourth-order valence-electron chi connectivity index (χ4n) is 5.55. The quantitative estimate of drug-likeness (QED) is 0.407. The highest BCUT2D eigenvalue weighted by atomic mass is 35.5. The summed E-state index contributed by atoms with van der Waals surface area (Å²) in [5, 5.41) is 0.480. The van der Waals surface area contributed by atoms with Crippen molar-refractivity contribution in [3.8, 4) is 0 Å². The molecule has 0 N–H and O–H groups in total. The molecule has 0 aromatic heterocycles. The smallest absolute Gasteiger partial charge is 0.240 e. The molecule has 5 heteroatoms. The second-order valence-corrected chi connectivity index (χ2v) is 8.89. The third kappa shape index (κ3) is 2.00. The van der Waals surface area contributed by atoms with Crippen LogP contribution >= 0.6 is 23.2 Å². The van der Waals surface area contributed by atoms with E-state index in [9.17, 15) is 9.59 Å². The number of carbonyl (C=O) groups excluding carboxylic acids is 2. The van der Waals surface area contributed by atoms with Gasteiger partial charge in [-0.15, -0.1) is 11.6 Å². The number of benzene rings is 3. The molecule has 3 aromatic rings. The number of rotatable bonds is 1. The van der Waals surface area contributed by atoms with E-state index in [-0.39, 0.29) is 17.7 Å².